The Balaban J connectivity index is 1.47. The number of hydrogen-bond acceptors (Lipinski definition) is 4. The van der Waals surface area contributed by atoms with Gasteiger partial charge in [0.05, 0.1) is 12.2 Å². The lowest BCUT2D eigenvalue weighted by Gasteiger charge is -2.65. The zero-order valence-corrected chi connectivity index (χ0v) is 28.9. The standard InChI is InChI=1S/C40H56O4/c1-21(2)23-17-25-27(19-29(23)41)39(9)15-11-13-37(5,6)35(39)33-31(25)43-34-32(44-33)26-18-24(22(3)4)30(42)20-28(26)40(10)16-12-14-38(7,8)36(34)40/h17-22,31-36,41-42H,11-16H2,1-10H3/t31-,32-,33+,34+,35+,36+,39-,40-/m1/s1. The van der Waals surface area contributed by atoms with Crippen LogP contribution >= 0.6 is 0 Å². The van der Waals surface area contributed by atoms with Crippen LogP contribution in [-0.2, 0) is 20.3 Å². The van der Waals surface area contributed by atoms with Gasteiger partial charge in [-0.1, -0.05) is 82.1 Å². The fourth-order valence-electron chi connectivity index (χ4n) is 11.7. The fraction of sp³-hybridized carbons (Fsp3) is 0.700. The van der Waals surface area contributed by atoms with E-state index in [1.54, 1.807) is 0 Å². The maximum Gasteiger partial charge on any atom is 0.119 e. The Morgan fingerprint density at radius 3 is 1.30 bits per heavy atom. The van der Waals surface area contributed by atoms with Gasteiger partial charge in [-0.2, -0.15) is 0 Å². The average Bonchev–Trinajstić information content (AvgIpc) is 2.91. The molecule has 2 aromatic rings. The van der Waals surface area contributed by atoms with Crippen LogP contribution in [0.25, 0.3) is 0 Å². The highest BCUT2D eigenvalue weighted by Gasteiger charge is 2.65. The highest BCUT2D eigenvalue weighted by Crippen LogP contribution is 2.68. The third-order valence-corrected chi connectivity index (χ3v) is 13.4. The number of ether oxygens (including phenoxy) is 2. The predicted molar refractivity (Wildman–Crippen MR) is 177 cm³/mol. The van der Waals surface area contributed by atoms with Crippen molar-refractivity contribution in [2.24, 2.45) is 22.7 Å². The molecule has 3 fully saturated rings. The maximum absolute atomic E-state index is 11.3. The number of fused-ring (bicyclic) bond motifs is 12. The molecule has 0 bridgehead atoms. The Morgan fingerprint density at radius 2 is 0.955 bits per heavy atom. The fourth-order valence-corrected chi connectivity index (χ4v) is 11.7. The lowest BCUT2D eigenvalue weighted by Crippen LogP contribution is -2.64. The third kappa shape index (κ3) is 4.08. The van der Waals surface area contributed by atoms with E-state index >= 15 is 0 Å². The molecule has 4 nitrogen and oxygen atoms in total. The van der Waals surface area contributed by atoms with Crippen molar-refractivity contribution in [1.82, 2.24) is 0 Å². The van der Waals surface area contributed by atoms with Gasteiger partial charge < -0.3 is 19.7 Å². The summed E-state index contributed by atoms with van der Waals surface area (Å²) in [4.78, 5) is 0. The van der Waals surface area contributed by atoms with E-state index in [-0.39, 0.29) is 69.7 Å². The molecule has 7 rings (SSSR count). The van der Waals surface area contributed by atoms with E-state index in [0.29, 0.717) is 11.5 Å². The van der Waals surface area contributed by atoms with Crippen molar-refractivity contribution in [3.63, 3.8) is 0 Å². The van der Waals surface area contributed by atoms with E-state index in [1.165, 1.54) is 35.1 Å². The SMILES string of the molecule is CC(C)c1cc2c(cc1O)[C@@]1(C)CCCC(C)(C)[C@@H]1[C@H]1O[C@@H]3c4cc(C(C)C)c(O)cc4[C@@]4(C)CCCC(C)(C)[C@@H]4[C@H]3O[C@H]21. The van der Waals surface area contributed by atoms with Gasteiger partial charge in [0.1, 0.15) is 23.7 Å². The van der Waals surface area contributed by atoms with Crippen molar-refractivity contribution in [2.45, 2.75) is 155 Å². The van der Waals surface area contributed by atoms with E-state index < -0.39 is 0 Å². The number of benzene rings is 2. The van der Waals surface area contributed by atoms with Crippen LogP contribution in [0.1, 0.15) is 165 Å². The molecule has 0 amide bonds. The molecule has 1 aliphatic heterocycles. The molecule has 2 N–H and O–H groups in total. The number of phenolic OH excluding ortho intramolecular Hbond substituents is 2. The van der Waals surface area contributed by atoms with Gasteiger partial charge in [0.15, 0.2) is 0 Å². The van der Waals surface area contributed by atoms with Crippen LogP contribution in [0.5, 0.6) is 11.5 Å². The summed E-state index contributed by atoms with van der Waals surface area (Å²) >= 11 is 0. The van der Waals surface area contributed by atoms with Crippen LogP contribution in [0.4, 0.5) is 0 Å². The predicted octanol–water partition coefficient (Wildman–Crippen LogP) is 10.1. The van der Waals surface area contributed by atoms with Crippen LogP contribution in [0.15, 0.2) is 24.3 Å². The summed E-state index contributed by atoms with van der Waals surface area (Å²) in [5, 5.41) is 22.6. The summed E-state index contributed by atoms with van der Waals surface area (Å²) in [7, 11) is 0. The van der Waals surface area contributed by atoms with Crippen LogP contribution in [-0.4, -0.2) is 22.4 Å². The van der Waals surface area contributed by atoms with Gasteiger partial charge in [0.25, 0.3) is 0 Å². The van der Waals surface area contributed by atoms with Crippen molar-refractivity contribution >= 4 is 0 Å². The topological polar surface area (TPSA) is 58.9 Å². The minimum Gasteiger partial charge on any atom is -0.508 e. The molecule has 5 aliphatic rings. The van der Waals surface area contributed by atoms with Gasteiger partial charge >= 0.3 is 0 Å². The first-order chi connectivity index (χ1) is 20.5. The molecule has 44 heavy (non-hydrogen) atoms. The highest BCUT2D eigenvalue weighted by atomic mass is 16.6. The van der Waals surface area contributed by atoms with E-state index in [1.807, 2.05) is 0 Å². The Morgan fingerprint density at radius 1 is 0.591 bits per heavy atom. The quantitative estimate of drug-likeness (QED) is 0.360. The summed E-state index contributed by atoms with van der Waals surface area (Å²) in [5.74, 6) is 1.78. The number of hydrogen-bond donors (Lipinski definition) is 2. The second-order valence-corrected chi connectivity index (χ2v) is 17.8. The summed E-state index contributed by atoms with van der Waals surface area (Å²) < 4.78 is 15.3. The summed E-state index contributed by atoms with van der Waals surface area (Å²) in [5.41, 5.74) is 6.91. The Bertz CT molecular complexity index is 1370. The van der Waals surface area contributed by atoms with Crippen molar-refractivity contribution in [3.8, 4) is 11.5 Å². The van der Waals surface area contributed by atoms with Crippen LogP contribution in [0, 0.1) is 22.7 Å². The molecule has 0 spiro atoms. The van der Waals surface area contributed by atoms with Crippen molar-refractivity contribution < 1.29 is 19.7 Å². The summed E-state index contributed by atoms with van der Waals surface area (Å²) in [6.45, 7) is 23.3. The van der Waals surface area contributed by atoms with Crippen LogP contribution in [0.3, 0.4) is 0 Å². The largest absolute Gasteiger partial charge is 0.508 e. The summed E-state index contributed by atoms with van der Waals surface area (Å²) in [6.07, 6.45) is 6.31. The van der Waals surface area contributed by atoms with Gasteiger partial charge in [-0.25, -0.2) is 0 Å². The van der Waals surface area contributed by atoms with Gasteiger partial charge in [0.2, 0.25) is 0 Å². The summed E-state index contributed by atoms with van der Waals surface area (Å²) in [6, 6.07) is 8.76. The van der Waals surface area contributed by atoms with Crippen molar-refractivity contribution in [1.29, 1.82) is 0 Å². The number of aromatic hydroxyl groups is 2. The van der Waals surface area contributed by atoms with Gasteiger partial charge in [-0.15, -0.1) is 0 Å². The molecule has 0 aromatic heterocycles. The third-order valence-electron chi connectivity index (χ3n) is 13.4. The first-order valence-corrected chi connectivity index (χ1v) is 17.6. The smallest absolute Gasteiger partial charge is 0.119 e. The lowest BCUT2D eigenvalue weighted by atomic mass is 9.47. The molecule has 0 unspecified atom stereocenters. The Labute approximate surface area is 265 Å². The average molecular weight is 601 g/mol. The molecule has 1 saturated heterocycles. The molecule has 0 radical (unpaired) electrons. The molecule has 4 aliphatic carbocycles. The first kappa shape index (κ1) is 30.6. The molecular weight excluding hydrogens is 544 g/mol. The van der Waals surface area contributed by atoms with Gasteiger partial charge in [-0.05, 0) is 117 Å². The second kappa shape index (κ2) is 9.74. The molecule has 8 atom stereocenters. The molecule has 240 valence electrons. The minimum atomic E-state index is -0.176. The van der Waals surface area contributed by atoms with E-state index in [2.05, 4.69) is 93.5 Å². The van der Waals surface area contributed by atoms with Crippen molar-refractivity contribution in [3.05, 3.63) is 57.6 Å². The molecular formula is C40H56O4. The van der Waals surface area contributed by atoms with Gasteiger partial charge in [0, 0.05) is 11.8 Å². The first-order valence-electron chi connectivity index (χ1n) is 17.6. The monoisotopic (exact) mass is 600 g/mol. The van der Waals surface area contributed by atoms with E-state index in [0.717, 1.165) is 36.8 Å². The second-order valence-electron chi connectivity index (χ2n) is 17.8. The van der Waals surface area contributed by atoms with E-state index in [4.69, 9.17) is 9.47 Å². The minimum absolute atomic E-state index is 0.0598. The lowest BCUT2D eigenvalue weighted by molar-refractivity contribution is -0.296. The molecule has 4 heteroatoms. The number of phenols is 2. The Hall–Kier alpha value is -2.04. The normalized spacial score (nSPS) is 38.2. The molecule has 2 saturated carbocycles. The Kier molecular flexibility index (Phi) is 6.77. The van der Waals surface area contributed by atoms with Crippen LogP contribution < -0.4 is 0 Å². The van der Waals surface area contributed by atoms with Gasteiger partial charge in [-0.3, -0.25) is 0 Å². The van der Waals surface area contributed by atoms with Crippen LogP contribution in [0.2, 0.25) is 0 Å². The molecule has 2 aromatic carbocycles. The highest BCUT2D eigenvalue weighted by molar-refractivity contribution is 5.53. The number of rotatable bonds is 2. The van der Waals surface area contributed by atoms with E-state index in [9.17, 15) is 10.2 Å². The maximum atomic E-state index is 11.3. The zero-order valence-electron chi connectivity index (χ0n) is 28.9. The zero-order chi connectivity index (χ0) is 31.7. The molecule has 1 heterocycles. The van der Waals surface area contributed by atoms with Crippen molar-refractivity contribution in [2.75, 3.05) is 0 Å².